The Morgan fingerprint density at radius 1 is 1.10 bits per heavy atom. The Hall–Kier alpha value is -1.09. The van der Waals surface area contributed by atoms with E-state index in [0.717, 1.165) is 17.4 Å². The number of benzene rings is 1. The molecule has 0 spiro atoms. The maximum atomic E-state index is 4.49. The Labute approximate surface area is 129 Å². The predicted molar refractivity (Wildman–Crippen MR) is 89.8 cm³/mol. The van der Waals surface area contributed by atoms with Gasteiger partial charge in [0.2, 0.25) is 0 Å². The molecule has 0 saturated heterocycles. The summed E-state index contributed by atoms with van der Waals surface area (Å²) in [4.78, 5) is 7.09. The molecule has 1 heterocycles. The number of halogens is 1. The molecule has 2 aromatic rings. The number of fused-ring (bicyclic) bond motifs is 1. The van der Waals surface area contributed by atoms with Crippen molar-refractivity contribution >= 4 is 32.5 Å². The molecule has 0 radical (unpaired) electrons. The second-order valence-electron chi connectivity index (χ2n) is 5.52. The molecular weight excluding hydrogens is 312 g/mol. The highest BCUT2D eigenvalue weighted by Crippen LogP contribution is 2.31. The molecule has 0 N–H and O–H groups in total. The van der Waals surface area contributed by atoms with Crippen molar-refractivity contribution in [2.45, 2.75) is 38.1 Å². The van der Waals surface area contributed by atoms with E-state index in [2.05, 4.69) is 56.1 Å². The first-order valence-corrected chi connectivity index (χ1v) is 8.68. The smallest absolute Gasteiger partial charge is 0.0722 e. The number of hydrogen-bond donors (Lipinski definition) is 0. The number of alkyl halides is 1. The van der Waals surface area contributed by atoms with Crippen molar-refractivity contribution in [3.05, 3.63) is 36.5 Å². The minimum absolute atomic E-state index is 0.687. The van der Waals surface area contributed by atoms with Gasteiger partial charge in [0.25, 0.3) is 0 Å². The molecule has 0 amide bonds. The molecule has 0 aliphatic heterocycles. The second-order valence-corrected chi connectivity index (χ2v) is 6.31. The average Bonchev–Trinajstić information content (AvgIpc) is 2.53. The lowest BCUT2D eigenvalue weighted by atomic mass is 9.93. The molecule has 1 fully saturated rings. The number of hydrogen-bond acceptors (Lipinski definition) is 2. The molecule has 1 aliphatic carbocycles. The summed E-state index contributed by atoms with van der Waals surface area (Å²) in [5, 5.41) is 2.29. The van der Waals surface area contributed by atoms with Gasteiger partial charge in [-0.3, -0.25) is 4.98 Å². The first kappa shape index (κ1) is 13.9. The molecule has 1 aromatic carbocycles. The molecule has 1 aromatic heterocycles. The van der Waals surface area contributed by atoms with Crippen molar-refractivity contribution < 1.29 is 0 Å². The van der Waals surface area contributed by atoms with Gasteiger partial charge in [0.15, 0.2) is 0 Å². The van der Waals surface area contributed by atoms with Crippen LogP contribution in [0.3, 0.4) is 0 Å². The monoisotopic (exact) mass is 332 g/mol. The fourth-order valence-electron chi connectivity index (χ4n) is 3.31. The largest absolute Gasteiger partial charge is 0.367 e. The fourth-order valence-corrected chi connectivity index (χ4v) is 3.70. The summed E-state index contributed by atoms with van der Waals surface area (Å²) in [6.07, 6.45) is 8.73. The Kier molecular flexibility index (Phi) is 4.56. The van der Waals surface area contributed by atoms with Gasteiger partial charge >= 0.3 is 0 Å². The van der Waals surface area contributed by atoms with Crippen LogP contribution in [0.2, 0.25) is 0 Å². The van der Waals surface area contributed by atoms with E-state index in [4.69, 9.17) is 0 Å². The van der Waals surface area contributed by atoms with Crippen LogP contribution in [0, 0.1) is 0 Å². The van der Waals surface area contributed by atoms with Gasteiger partial charge in [0.05, 0.1) is 5.52 Å². The van der Waals surface area contributed by atoms with Gasteiger partial charge in [-0.2, -0.15) is 0 Å². The topological polar surface area (TPSA) is 16.1 Å². The van der Waals surface area contributed by atoms with Crippen LogP contribution in [-0.2, 0) is 0 Å². The van der Waals surface area contributed by atoms with Gasteiger partial charge < -0.3 is 4.90 Å². The van der Waals surface area contributed by atoms with Crippen LogP contribution in [0.4, 0.5) is 5.69 Å². The Balaban J connectivity index is 2.00. The first-order chi connectivity index (χ1) is 9.90. The molecule has 1 saturated carbocycles. The van der Waals surface area contributed by atoms with Crippen LogP contribution in [0.15, 0.2) is 36.5 Å². The Morgan fingerprint density at radius 2 is 1.90 bits per heavy atom. The maximum Gasteiger partial charge on any atom is 0.0722 e. The highest BCUT2D eigenvalue weighted by Gasteiger charge is 2.22. The molecule has 2 nitrogen and oxygen atoms in total. The number of rotatable bonds is 4. The van der Waals surface area contributed by atoms with E-state index < -0.39 is 0 Å². The number of para-hydroxylation sites is 1. The number of pyridine rings is 1. The van der Waals surface area contributed by atoms with Gasteiger partial charge in [0, 0.05) is 35.2 Å². The Bertz CT molecular complexity index is 558. The van der Waals surface area contributed by atoms with Crippen molar-refractivity contribution in [1.29, 1.82) is 0 Å². The van der Waals surface area contributed by atoms with E-state index in [1.54, 1.807) is 0 Å². The Morgan fingerprint density at radius 3 is 2.70 bits per heavy atom. The molecular formula is C17H21BrN2. The van der Waals surface area contributed by atoms with E-state index >= 15 is 0 Å². The molecule has 106 valence electrons. The summed E-state index contributed by atoms with van der Waals surface area (Å²) in [6.45, 7) is 1.07. The minimum atomic E-state index is 0.687. The summed E-state index contributed by atoms with van der Waals surface area (Å²) < 4.78 is 0. The van der Waals surface area contributed by atoms with Crippen molar-refractivity contribution in [2.24, 2.45) is 0 Å². The van der Waals surface area contributed by atoms with E-state index in [9.17, 15) is 0 Å². The van der Waals surface area contributed by atoms with E-state index in [0.29, 0.717) is 6.04 Å². The van der Waals surface area contributed by atoms with E-state index in [-0.39, 0.29) is 0 Å². The zero-order valence-electron chi connectivity index (χ0n) is 11.8. The summed E-state index contributed by atoms with van der Waals surface area (Å²) in [6, 6.07) is 11.3. The molecule has 3 rings (SSSR count). The summed E-state index contributed by atoms with van der Waals surface area (Å²) >= 11 is 3.62. The van der Waals surface area contributed by atoms with Gasteiger partial charge in [-0.05, 0) is 25.0 Å². The van der Waals surface area contributed by atoms with E-state index in [1.807, 2.05) is 6.20 Å². The molecule has 3 heteroatoms. The minimum Gasteiger partial charge on any atom is -0.367 e. The number of aromatic nitrogens is 1. The molecule has 0 unspecified atom stereocenters. The van der Waals surface area contributed by atoms with Crippen LogP contribution < -0.4 is 4.90 Å². The van der Waals surface area contributed by atoms with Gasteiger partial charge in [-0.15, -0.1) is 0 Å². The third-order valence-corrected chi connectivity index (χ3v) is 4.63. The third kappa shape index (κ3) is 2.83. The van der Waals surface area contributed by atoms with Crippen molar-refractivity contribution in [3.8, 4) is 0 Å². The lowest BCUT2D eigenvalue weighted by Gasteiger charge is -2.36. The normalized spacial score (nSPS) is 16.4. The summed E-state index contributed by atoms with van der Waals surface area (Å²) in [5.41, 5.74) is 2.45. The highest BCUT2D eigenvalue weighted by molar-refractivity contribution is 9.09. The third-order valence-electron chi connectivity index (χ3n) is 4.28. The molecule has 1 aliphatic rings. The fraction of sp³-hybridized carbons (Fsp3) is 0.471. The van der Waals surface area contributed by atoms with Crippen LogP contribution >= 0.6 is 15.9 Å². The summed E-state index contributed by atoms with van der Waals surface area (Å²) in [7, 11) is 0. The second kappa shape index (κ2) is 6.57. The molecule has 0 bridgehead atoms. The zero-order valence-corrected chi connectivity index (χ0v) is 13.3. The van der Waals surface area contributed by atoms with Crippen molar-refractivity contribution in [1.82, 2.24) is 4.98 Å². The standard InChI is InChI=1S/C17H21BrN2/c18-11-13-20(14-6-2-1-3-7-14)17-10-12-19-16-9-5-4-8-15(16)17/h4-5,8-10,12,14H,1-3,6-7,11,13H2. The highest BCUT2D eigenvalue weighted by atomic mass is 79.9. The number of nitrogens with zero attached hydrogens (tertiary/aromatic N) is 2. The molecule has 20 heavy (non-hydrogen) atoms. The SMILES string of the molecule is BrCCN(c1ccnc2ccccc12)C1CCCCC1. The van der Waals surface area contributed by atoms with Crippen LogP contribution in [0.5, 0.6) is 0 Å². The summed E-state index contributed by atoms with van der Waals surface area (Å²) in [5.74, 6) is 0. The van der Waals surface area contributed by atoms with Gasteiger partial charge in [-0.1, -0.05) is 53.4 Å². The first-order valence-electron chi connectivity index (χ1n) is 7.56. The predicted octanol–water partition coefficient (Wildman–Crippen LogP) is 4.77. The quantitative estimate of drug-likeness (QED) is 0.750. The van der Waals surface area contributed by atoms with Crippen molar-refractivity contribution in [3.63, 3.8) is 0 Å². The van der Waals surface area contributed by atoms with Gasteiger partial charge in [-0.25, -0.2) is 0 Å². The lowest BCUT2D eigenvalue weighted by molar-refractivity contribution is 0.419. The zero-order chi connectivity index (χ0) is 13.8. The van der Waals surface area contributed by atoms with Crippen LogP contribution in [0.25, 0.3) is 10.9 Å². The van der Waals surface area contributed by atoms with Crippen molar-refractivity contribution in [2.75, 3.05) is 16.8 Å². The average molecular weight is 333 g/mol. The van der Waals surface area contributed by atoms with Crippen LogP contribution in [0.1, 0.15) is 32.1 Å². The number of anilines is 1. The van der Waals surface area contributed by atoms with Gasteiger partial charge in [0.1, 0.15) is 0 Å². The maximum absolute atomic E-state index is 4.49. The van der Waals surface area contributed by atoms with E-state index in [1.165, 1.54) is 43.2 Å². The molecule has 0 atom stereocenters. The van der Waals surface area contributed by atoms with Crippen LogP contribution in [-0.4, -0.2) is 22.9 Å². The lowest BCUT2D eigenvalue weighted by Crippen LogP contribution is -2.38.